The summed E-state index contributed by atoms with van der Waals surface area (Å²) in [6.45, 7) is 4.40. The Kier molecular flexibility index (Phi) is 5.95. The van der Waals surface area contributed by atoms with Gasteiger partial charge in [0.1, 0.15) is 0 Å². The molecule has 0 nitrogen and oxygen atoms in total. The molecule has 2 aromatic carbocycles. The summed E-state index contributed by atoms with van der Waals surface area (Å²) in [6, 6.07) is 16.3. The molecule has 2 aliphatic rings. The predicted octanol–water partition coefficient (Wildman–Crippen LogP) is 8.39. The number of allylic oxidation sites excluding steroid dienone is 6. The standard InChI is InChI=1S/C28H32/c1-21-8-7-11-26(13-12-21)28-19-18-27(20-22(28)2)25-16-14-24(15-17-25)23-9-5-3-4-6-10-23/h8,11-20,23H,3-7,9-10H2,1-2H3. The molecule has 0 radical (unpaired) electrons. The molecule has 0 aliphatic heterocycles. The van der Waals surface area contributed by atoms with Gasteiger partial charge >= 0.3 is 0 Å². The topological polar surface area (TPSA) is 0 Å². The van der Waals surface area contributed by atoms with Gasteiger partial charge in [-0.05, 0) is 72.4 Å². The largest absolute Gasteiger partial charge is 0.0778 e. The van der Waals surface area contributed by atoms with E-state index in [-0.39, 0.29) is 0 Å². The second kappa shape index (κ2) is 8.78. The fourth-order valence-electron chi connectivity index (χ4n) is 4.66. The van der Waals surface area contributed by atoms with Crippen molar-refractivity contribution in [2.75, 3.05) is 0 Å². The highest BCUT2D eigenvalue weighted by Gasteiger charge is 2.14. The van der Waals surface area contributed by atoms with Crippen molar-refractivity contribution in [2.24, 2.45) is 0 Å². The lowest BCUT2D eigenvalue weighted by Gasteiger charge is -2.15. The van der Waals surface area contributed by atoms with Crippen molar-refractivity contribution in [1.82, 2.24) is 0 Å². The molecule has 2 aromatic rings. The van der Waals surface area contributed by atoms with E-state index in [1.54, 1.807) is 0 Å². The first-order valence-electron chi connectivity index (χ1n) is 11.0. The van der Waals surface area contributed by atoms with Gasteiger partial charge in [0.05, 0.1) is 0 Å². The van der Waals surface area contributed by atoms with Crippen molar-refractivity contribution in [1.29, 1.82) is 0 Å². The summed E-state index contributed by atoms with van der Waals surface area (Å²) in [5.74, 6) is 0.770. The maximum absolute atomic E-state index is 2.37. The molecule has 0 heterocycles. The third kappa shape index (κ3) is 4.38. The molecule has 0 aromatic heterocycles. The summed E-state index contributed by atoms with van der Waals surface area (Å²) in [4.78, 5) is 0. The summed E-state index contributed by atoms with van der Waals surface area (Å²) in [7, 11) is 0. The van der Waals surface area contributed by atoms with Crippen molar-refractivity contribution in [2.45, 2.75) is 64.7 Å². The number of rotatable bonds is 3. The van der Waals surface area contributed by atoms with Crippen LogP contribution in [0, 0.1) is 6.92 Å². The molecule has 1 fully saturated rings. The maximum atomic E-state index is 2.37. The first-order chi connectivity index (χ1) is 13.7. The van der Waals surface area contributed by atoms with Crippen LogP contribution in [-0.2, 0) is 0 Å². The zero-order chi connectivity index (χ0) is 19.3. The normalized spacial score (nSPS) is 18.2. The molecule has 0 N–H and O–H groups in total. The third-order valence-corrected chi connectivity index (χ3v) is 6.41. The third-order valence-electron chi connectivity index (χ3n) is 6.41. The monoisotopic (exact) mass is 368 g/mol. The highest BCUT2D eigenvalue weighted by Crippen LogP contribution is 2.33. The van der Waals surface area contributed by atoms with Crippen LogP contribution >= 0.6 is 0 Å². The first-order valence-corrected chi connectivity index (χ1v) is 11.0. The zero-order valence-corrected chi connectivity index (χ0v) is 17.4. The smallest absolute Gasteiger partial charge is 0.0154 e. The van der Waals surface area contributed by atoms with E-state index < -0.39 is 0 Å². The molecule has 0 saturated heterocycles. The molecule has 144 valence electrons. The maximum Gasteiger partial charge on any atom is -0.0154 e. The van der Waals surface area contributed by atoms with E-state index in [1.165, 1.54) is 77.5 Å². The molecular weight excluding hydrogens is 336 g/mol. The second-order valence-corrected chi connectivity index (χ2v) is 8.52. The molecule has 0 unspecified atom stereocenters. The molecule has 1 saturated carbocycles. The highest BCUT2D eigenvalue weighted by atomic mass is 14.2. The van der Waals surface area contributed by atoms with E-state index >= 15 is 0 Å². The van der Waals surface area contributed by atoms with Gasteiger partial charge in [-0.3, -0.25) is 0 Å². The number of aryl methyl sites for hydroxylation is 1. The highest BCUT2D eigenvalue weighted by molar-refractivity contribution is 5.79. The van der Waals surface area contributed by atoms with E-state index in [0.717, 1.165) is 12.3 Å². The average Bonchev–Trinajstić information content (AvgIpc) is 3.11. The Bertz CT molecular complexity index is 898. The zero-order valence-electron chi connectivity index (χ0n) is 17.4. The Morgan fingerprint density at radius 1 is 0.714 bits per heavy atom. The van der Waals surface area contributed by atoms with Gasteiger partial charge in [0.25, 0.3) is 0 Å². The average molecular weight is 369 g/mol. The van der Waals surface area contributed by atoms with E-state index in [4.69, 9.17) is 0 Å². The van der Waals surface area contributed by atoms with Crippen molar-refractivity contribution < 1.29 is 0 Å². The van der Waals surface area contributed by atoms with Crippen LogP contribution in [0.15, 0.2) is 72.3 Å². The van der Waals surface area contributed by atoms with Gasteiger partial charge in [-0.15, -0.1) is 0 Å². The van der Waals surface area contributed by atoms with Gasteiger partial charge in [-0.2, -0.15) is 0 Å². The molecule has 0 atom stereocenters. The van der Waals surface area contributed by atoms with E-state index in [1.807, 2.05) is 0 Å². The van der Waals surface area contributed by atoms with Crippen LogP contribution in [-0.4, -0.2) is 0 Å². The van der Waals surface area contributed by atoms with Crippen LogP contribution in [0.3, 0.4) is 0 Å². The number of benzene rings is 2. The summed E-state index contributed by atoms with van der Waals surface area (Å²) in [5, 5.41) is 0. The SMILES string of the molecule is CC1=CCC=C(c2ccc(-c3ccc(C4CCCCCC4)cc3)cc2C)C=C1. The first kappa shape index (κ1) is 19.0. The van der Waals surface area contributed by atoms with Gasteiger partial charge in [0.2, 0.25) is 0 Å². The van der Waals surface area contributed by atoms with Crippen molar-refractivity contribution in [3.63, 3.8) is 0 Å². The van der Waals surface area contributed by atoms with E-state index in [0.29, 0.717) is 0 Å². The Hall–Kier alpha value is -2.34. The minimum Gasteiger partial charge on any atom is -0.0778 e. The van der Waals surface area contributed by atoms with E-state index in [9.17, 15) is 0 Å². The lowest BCUT2D eigenvalue weighted by atomic mass is 9.90. The van der Waals surface area contributed by atoms with Crippen molar-refractivity contribution in [3.8, 4) is 11.1 Å². The summed E-state index contributed by atoms with van der Waals surface area (Å²) >= 11 is 0. The molecule has 28 heavy (non-hydrogen) atoms. The Balaban J connectivity index is 1.54. The second-order valence-electron chi connectivity index (χ2n) is 8.52. The minimum atomic E-state index is 0.770. The molecule has 0 bridgehead atoms. The van der Waals surface area contributed by atoms with Crippen molar-refractivity contribution >= 4 is 5.57 Å². The quantitative estimate of drug-likeness (QED) is 0.477. The van der Waals surface area contributed by atoms with Crippen LogP contribution < -0.4 is 0 Å². The summed E-state index contributed by atoms with van der Waals surface area (Å²) < 4.78 is 0. The summed E-state index contributed by atoms with van der Waals surface area (Å²) in [5.41, 5.74) is 9.56. The molecule has 0 amide bonds. The predicted molar refractivity (Wildman–Crippen MR) is 123 cm³/mol. The lowest BCUT2D eigenvalue weighted by Crippen LogP contribution is -1.97. The van der Waals surface area contributed by atoms with Crippen molar-refractivity contribution in [3.05, 3.63) is 89.0 Å². The molecule has 0 spiro atoms. The number of hydrogen-bond acceptors (Lipinski definition) is 0. The number of hydrogen-bond donors (Lipinski definition) is 0. The van der Waals surface area contributed by atoms with Gasteiger partial charge < -0.3 is 0 Å². The Morgan fingerprint density at radius 3 is 2.14 bits per heavy atom. The fourth-order valence-corrected chi connectivity index (χ4v) is 4.66. The van der Waals surface area contributed by atoms with Gasteiger partial charge in [-0.25, -0.2) is 0 Å². The molecule has 2 aliphatic carbocycles. The van der Waals surface area contributed by atoms with Gasteiger partial charge in [-0.1, -0.05) is 98.0 Å². The summed E-state index contributed by atoms with van der Waals surface area (Å²) in [6.07, 6.45) is 18.5. The molecule has 4 rings (SSSR count). The van der Waals surface area contributed by atoms with Crippen LogP contribution in [0.5, 0.6) is 0 Å². The van der Waals surface area contributed by atoms with Crippen LogP contribution in [0.2, 0.25) is 0 Å². The van der Waals surface area contributed by atoms with Crippen LogP contribution in [0.1, 0.15) is 74.5 Å². The minimum absolute atomic E-state index is 0.770. The Morgan fingerprint density at radius 2 is 1.43 bits per heavy atom. The van der Waals surface area contributed by atoms with Gasteiger partial charge in [0, 0.05) is 0 Å². The Labute approximate surface area is 170 Å². The van der Waals surface area contributed by atoms with Crippen LogP contribution in [0.25, 0.3) is 16.7 Å². The van der Waals surface area contributed by atoms with Crippen LogP contribution in [0.4, 0.5) is 0 Å². The van der Waals surface area contributed by atoms with Gasteiger partial charge in [0.15, 0.2) is 0 Å². The molecule has 0 heteroatoms. The fraction of sp³-hybridized carbons (Fsp3) is 0.357. The van der Waals surface area contributed by atoms with E-state index in [2.05, 4.69) is 80.6 Å². The lowest BCUT2D eigenvalue weighted by molar-refractivity contribution is 0.592. The molecular formula is C28H32.